The summed E-state index contributed by atoms with van der Waals surface area (Å²) < 4.78 is 1.07. The predicted octanol–water partition coefficient (Wildman–Crippen LogP) is 4.44. The molecule has 0 aromatic heterocycles. The van der Waals surface area contributed by atoms with Crippen LogP contribution in [0, 0.1) is 0 Å². The third-order valence-corrected chi connectivity index (χ3v) is 3.97. The zero-order valence-electron chi connectivity index (χ0n) is 9.47. The van der Waals surface area contributed by atoms with Crippen LogP contribution < -0.4 is 0 Å². The first-order valence-corrected chi connectivity index (χ1v) is 7.13. The van der Waals surface area contributed by atoms with E-state index < -0.39 is 5.97 Å². The van der Waals surface area contributed by atoms with Crippen LogP contribution in [0.3, 0.4) is 0 Å². The molecule has 0 aliphatic carbocycles. The Hall–Kier alpha value is -1.26. The summed E-state index contributed by atoms with van der Waals surface area (Å²) in [5.74, 6) is -0.0233. The van der Waals surface area contributed by atoms with Crippen molar-refractivity contribution in [3.05, 3.63) is 64.1 Å². The largest absolute Gasteiger partial charge is 0.478 e. The van der Waals surface area contributed by atoms with Crippen molar-refractivity contribution in [1.82, 2.24) is 0 Å². The third-order valence-electron chi connectivity index (χ3n) is 2.40. The highest BCUT2D eigenvalue weighted by molar-refractivity contribution is 9.10. The van der Waals surface area contributed by atoms with E-state index in [1.807, 2.05) is 24.3 Å². The van der Waals surface area contributed by atoms with E-state index in [9.17, 15) is 4.79 Å². The molecule has 2 rings (SSSR count). The smallest absolute Gasteiger partial charge is 0.335 e. The number of halogens is 1. The van der Waals surface area contributed by atoms with Gasteiger partial charge in [0.2, 0.25) is 0 Å². The van der Waals surface area contributed by atoms with Gasteiger partial charge >= 0.3 is 5.97 Å². The monoisotopic (exact) mass is 322 g/mol. The van der Waals surface area contributed by atoms with Gasteiger partial charge in [-0.2, -0.15) is 0 Å². The van der Waals surface area contributed by atoms with Gasteiger partial charge in [0.05, 0.1) is 5.56 Å². The number of benzene rings is 2. The van der Waals surface area contributed by atoms with Crippen molar-refractivity contribution >= 4 is 33.7 Å². The molecule has 0 aliphatic heterocycles. The number of hydrogen-bond donors (Lipinski definition) is 1. The topological polar surface area (TPSA) is 37.3 Å². The molecule has 2 aromatic rings. The first kappa shape index (κ1) is 13.2. The average Bonchev–Trinajstić information content (AvgIpc) is 2.37. The van der Waals surface area contributed by atoms with Crippen LogP contribution in [-0.4, -0.2) is 11.1 Å². The molecule has 2 aromatic carbocycles. The molecule has 0 heterocycles. The first-order chi connectivity index (χ1) is 8.65. The second-order valence-electron chi connectivity index (χ2n) is 3.75. The van der Waals surface area contributed by atoms with Gasteiger partial charge in [0, 0.05) is 15.1 Å². The van der Waals surface area contributed by atoms with Gasteiger partial charge in [-0.3, -0.25) is 0 Å². The molecule has 0 unspecified atom stereocenters. The molecule has 0 amide bonds. The highest BCUT2D eigenvalue weighted by Gasteiger charge is 2.02. The maximum absolute atomic E-state index is 10.7. The van der Waals surface area contributed by atoms with E-state index in [0.29, 0.717) is 5.56 Å². The maximum atomic E-state index is 10.7. The van der Waals surface area contributed by atoms with Crippen molar-refractivity contribution in [2.45, 2.75) is 10.6 Å². The second kappa shape index (κ2) is 6.07. The summed E-state index contributed by atoms with van der Waals surface area (Å²) in [7, 11) is 0. The summed E-state index contributed by atoms with van der Waals surface area (Å²) in [6.07, 6.45) is 0. The summed E-state index contributed by atoms with van der Waals surface area (Å²) in [5.41, 5.74) is 1.55. The number of aromatic carboxylic acids is 1. The van der Waals surface area contributed by atoms with E-state index in [4.69, 9.17) is 5.11 Å². The molecule has 0 saturated carbocycles. The summed E-state index contributed by atoms with van der Waals surface area (Å²) in [4.78, 5) is 11.8. The number of thioether (sulfide) groups is 1. The van der Waals surface area contributed by atoms with Crippen LogP contribution in [0.25, 0.3) is 0 Å². The summed E-state index contributed by atoms with van der Waals surface area (Å²) in [6, 6.07) is 15.1. The summed E-state index contributed by atoms with van der Waals surface area (Å²) in [5, 5.41) is 8.80. The van der Waals surface area contributed by atoms with Crippen LogP contribution in [-0.2, 0) is 5.75 Å². The van der Waals surface area contributed by atoms with E-state index in [1.54, 1.807) is 23.9 Å². The molecule has 0 radical (unpaired) electrons. The molecule has 0 saturated heterocycles. The number of carboxylic acid groups (broad SMARTS) is 1. The number of carboxylic acids is 1. The van der Waals surface area contributed by atoms with Crippen molar-refractivity contribution in [3.8, 4) is 0 Å². The number of carbonyl (C=O) groups is 1. The van der Waals surface area contributed by atoms with Gasteiger partial charge in [-0.25, -0.2) is 4.79 Å². The minimum atomic E-state index is -0.890. The zero-order valence-corrected chi connectivity index (χ0v) is 11.9. The minimum Gasteiger partial charge on any atom is -0.478 e. The van der Waals surface area contributed by atoms with E-state index in [1.165, 1.54) is 5.56 Å². The number of rotatable bonds is 4. The summed E-state index contributed by atoms with van der Waals surface area (Å²) in [6.45, 7) is 0. The quantitative estimate of drug-likeness (QED) is 0.845. The Balaban J connectivity index is 2.00. The highest BCUT2D eigenvalue weighted by Crippen LogP contribution is 2.24. The Morgan fingerprint density at radius 1 is 1.17 bits per heavy atom. The fourth-order valence-corrected chi connectivity index (χ4v) is 2.78. The molecular formula is C14H11BrO2S. The van der Waals surface area contributed by atoms with Gasteiger partial charge < -0.3 is 5.11 Å². The Labute approximate surface area is 118 Å². The van der Waals surface area contributed by atoms with Crippen molar-refractivity contribution in [3.63, 3.8) is 0 Å². The van der Waals surface area contributed by atoms with E-state index in [2.05, 4.69) is 28.1 Å². The van der Waals surface area contributed by atoms with Gasteiger partial charge in [-0.1, -0.05) is 28.1 Å². The molecule has 2 nitrogen and oxygen atoms in total. The normalized spacial score (nSPS) is 10.3. The lowest BCUT2D eigenvalue weighted by Gasteiger charge is -2.03. The molecule has 0 bridgehead atoms. The fraction of sp³-hybridized carbons (Fsp3) is 0.0714. The minimum absolute atomic E-state index is 0.321. The summed E-state index contributed by atoms with van der Waals surface area (Å²) >= 11 is 5.13. The molecule has 0 spiro atoms. The standard InChI is InChI=1S/C14H11BrO2S/c15-12-3-1-2-10(8-12)9-18-13-6-4-11(5-7-13)14(16)17/h1-8H,9H2,(H,16,17). The second-order valence-corrected chi connectivity index (χ2v) is 5.71. The van der Waals surface area contributed by atoms with Crippen molar-refractivity contribution in [2.24, 2.45) is 0 Å². The molecule has 0 fully saturated rings. The first-order valence-electron chi connectivity index (χ1n) is 5.36. The zero-order chi connectivity index (χ0) is 13.0. The van der Waals surface area contributed by atoms with Gasteiger partial charge in [0.25, 0.3) is 0 Å². The van der Waals surface area contributed by atoms with Gasteiger partial charge in [0.1, 0.15) is 0 Å². The number of hydrogen-bond acceptors (Lipinski definition) is 2. The Morgan fingerprint density at radius 2 is 1.89 bits per heavy atom. The van der Waals surface area contributed by atoms with Gasteiger partial charge in [-0.15, -0.1) is 11.8 Å². The SMILES string of the molecule is O=C(O)c1ccc(SCc2cccc(Br)c2)cc1. The highest BCUT2D eigenvalue weighted by atomic mass is 79.9. The van der Waals surface area contributed by atoms with Crippen molar-refractivity contribution in [2.75, 3.05) is 0 Å². The molecule has 1 N–H and O–H groups in total. The van der Waals surface area contributed by atoms with E-state index in [0.717, 1.165) is 15.1 Å². The van der Waals surface area contributed by atoms with Crippen LogP contribution in [0.5, 0.6) is 0 Å². The van der Waals surface area contributed by atoms with Crippen molar-refractivity contribution < 1.29 is 9.90 Å². The predicted molar refractivity (Wildman–Crippen MR) is 77.1 cm³/mol. The third kappa shape index (κ3) is 3.62. The van der Waals surface area contributed by atoms with E-state index >= 15 is 0 Å². The maximum Gasteiger partial charge on any atom is 0.335 e. The molecule has 0 aliphatic rings. The fourth-order valence-electron chi connectivity index (χ4n) is 1.49. The lowest BCUT2D eigenvalue weighted by atomic mass is 10.2. The van der Waals surface area contributed by atoms with Crippen LogP contribution in [0.2, 0.25) is 0 Å². The Morgan fingerprint density at radius 3 is 2.50 bits per heavy atom. The van der Waals surface area contributed by atoms with Crippen LogP contribution in [0.1, 0.15) is 15.9 Å². The lowest BCUT2D eigenvalue weighted by molar-refractivity contribution is 0.0697. The van der Waals surface area contributed by atoms with Gasteiger partial charge in [-0.05, 0) is 42.0 Å². The van der Waals surface area contributed by atoms with Gasteiger partial charge in [0.15, 0.2) is 0 Å². The lowest BCUT2D eigenvalue weighted by Crippen LogP contribution is -1.94. The van der Waals surface area contributed by atoms with Crippen LogP contribution in [0.4, 0.5) is 0 Å². The molecule has 4 heteroatoms. The van der Waals surface area contributed by atoms with Crippen molar-refractivity contribution in [1.29, 1.82) is 0 Å². The molecule has 0 atom stereocenters. The molecular weight excluding hydrogens is 312 g/mol. The Bertz CT molecular complexity index is 552. The van der Waals surface area contributed by atoms with E-state index in [-0.39, 0.29) is 0 Å². The molecule has 18 heavy (non-hydrogen) atoms. The molecule has 92 valence electrons. The Kier molecular flexibility index (Phi) is 4.44. The van der Waals surface area contributed by atoms with Crippen LogP contribution in [0.15, 0.2) is 57.9 Å². The van der Waals surface area contributed by atoms with Crippen LogP contribution >= 0.6 is 27.7 Å². The average molecular weight is 323 g/mol.